The molecule has 2 aromatic carbocycles. The van der Waals surface area contributed by atoms with E-state index >= 15 is 0 Å². The van der Waals surface area contributed by atoms with Gasteiger partial charge in [0.1, 0.15) is 0 Å². The molecule has 1 fully saturated rings. The molecule has 0 saturated carbocycles. The van der Waals surface area contributed by atoms with E-state index in [4.69, 9.17) is 4.74 Å². The van der Waals surface area contributed by atoms with Gasteiger partial charge in [-0.25, -0.2) is 0 Å². The first kappa shape index (κ1) is 27.0. The lowest BCUT2D eigenvalue weighted by Crippen LogP contribution is -2.54. The minimum Gasteiger partial charge on any atom is -0.372 e. The highest BCUT2D eigenvalue weighted by Gasteiger charge is 2.40. The quantitative estimate of drug-likeness (QED) is 0.469. The van der Waals surface area contributed by atoms with E-state index < -0.39 is 35.1 Å². The molecule has 3 atom stereocenters. The zero-order valence-electron chi connectivity index (χ0n) is 19.4. The predicted octanol–water partition coefficient (Wildman–Crippen LogP) is 5.83. The first-order chi connectivity index (χ1) is 16.4. The Hall–Kier alpha value is -2.59. The van der Waals surface area contributed by atoms with Gasteiger partial charge in [-0.3, -0.25) is 4.79 Å². The summed E-state index contributed by atoms with van der Waals surface area (Å²) in [5.41, 5.74) is -2.85. The average Bonchev–Trinajstić information content (AvgIpc) is 2.82. The van der Waals surface area contributed by atoms with E-state index in [2.05, 4.69) is 10.6 Å². The van der Waals surface area contributed by atoms with Crippen molar-refractivity contribution in [2.75, 3.05) is 19.7 Å². The van der Waals surface area contributed by atoms with Crippen LogP contribution in [0.15, 0.2) is 48.5 Å². The maximum Gasteiger partial charge on any atom is 0.416 e. The van der Waals surface area contributed by atoms with Gasteiger partial charge in [-0.2, -0.15) is 26.3 Å². The van der Waals surface area contributed by atoms with Crippen LogP contribution < -0.4 is 10.6 Å². The summed E-state index contributed by atoms with van der Waals surface area (Å²) >= 11 is 0. The molecule has 0 aromatic heterocycles. The average molecular weight is 502 g/mol. The van der Waals surface area contributed by atoms with Crippen LogP contribution in [0.5, 0.6) is 0 Å². The first-order valence-electron chi connectivity index (χ1n) is 11.3. The molecule has 2 N–H and O–H groups in total. The number of amides is 1. The molecular weight excluding hydrogens is 474 g/mol. The molecule has 0 bridgehead atoms. The van der Waals surface area contributed by atoms with Gasteiger partial charge in [0.25, 0.3) is 0 Å². The molecule has 0 unspecified atom stereocenters. The Morgan fingerprint density at radius 1 is 1.09 bits per heavy atom. The number of rotatable bonds is 7. The van der Waals surface area contributed by atoms with Crippen LogP contribution in [0.1, 0.15) is 55.0 Å². The second kappa shape index (κ2) is 10.6. The molecule has 10 heteroatoms. The lowest BCUT2D eigenvalue weighted by atomic mass is 9.79. The monoisotopic (exact) mass is 502 g/mol. The molecule has 0 radical (unpaired) electrons. The number of benzene rings is 2. The maximum atomic E-state index is 13.3. The Labute approximate surface area is 200 Å². The molecular formula is C25H28F6N2O2. The largest absolute Gasteiger partial charge is 0.416 e. The lowest BCUT2D eigenvalue weighted by molar-refractivity contribution is -0.143. The van der Waals surface area contributed by atoms with Crippen LogP contribution in [0.2, 0.25) is 0 Å². The number of nitrogens with one attached hydrogen (secondary N) is 2. The van der Waals surface area contributed by atoms with Crippen molar-refractivity contribution >= 4 is 5.91 Å². The third kappa shape index (κ3) is 6.55. The lowest BCUT2D eigenvalue weighted by Gasteiger charge is -2.42. The molecule has 3 rings (SSSR count). The van der Waals surface area contributed by atoms with Crippen LogP contribution in [0.4, 0.5) is 26.3 Å². The molecule has 192 valence electrons. The third-order valence-corrected chi connectivity index (χ3v) is 6.31. The van der Waals surface area contributed by atoms with Crippen molar-refractivity contribution in [3.05, 3.63) is 70.8 Å². The fourth-order valence-corrected chi connectivity index (χ4v) is 4.26. The van der Waals surface area contributed by atoms with Gasteiger partial charge in [0.05, 0.1) is 35.3 Å². The highest BCUT2D eigenvalue weighted by Crippen LogP contribution is 2.39. The maximum absolute atomic E-state index is 13.3. The van der Waals surface area contributed by atoms with E-state index in [-0.39, 0.29) is 30.1 Å². The molecule has 1 aliphatic heterocycles. The molecule has 1 heterocycles. The summed E-state index contributed by atoms with van der Waals surface area (Å²) < 4.78 is 85.5. The molecule has 0 aliphatic carbocycles. The number of hydrogen-bond donors (Lipinski definition) is 2. The summed E-state index contributed by atoms with van der Waals surface area (Å²) in [7, 11) is 0. The molecule has 1 amide bonds. The summed E-state index contributed by atoms with van der Waals surface area (Å²) in [6.45, 7) is 4.12. The zero-order valence-corrected chi connectivity index (χ0v) is 19.4. The summed E-state index contributed by atoms with van der Waals surface area (Å²) in [6, 6.07) is 10.7. The molecule has 1 aliphatic rings. The summed E-state index contributed by atoms with van der Waals surface area (Å²) in [6.07, 6.45) is -9.85. The SMILES string of the molecule is CCNC(=O)[C@H]1CC[C@@](CO[C@H](C)c2cc(C(F)(F)F)cc(C(F)(F)F)c2)(c2ccccc2)NC1. The van der Waals surface area contributed by atoms with Crippen molar-refractivity contribution in [3.63, 3.8) is 0 Å². The van der Waals surface area contributed by atoms with Crippen molar-refractivity contribution in [1.29, 1.82) is 0 Å². The van der Waals surface area contributed by atoms with Gasteiger partial charge < -0.3 is 15.4 Å². The van der Waals surface area contributed by atoms with E-state index in [0.29, 0.717) is 38.1 Å². The van der Waals surface area contributed by atoms with Gasteiger partial charge >= 0.3 is 12.4 Å². The topological polar surface area (TPSA) is 50.4 Å². The first-order valence-corrected chi connectivity index (χ1v) is 11.3. The van der Waals surface area contributed by atoms with Gasteiger partial charge in [0, 0.05) is 13.1 Å². The fraction of sp³-hybridized carbons (Fsp3) is 0.480. The molecule has 2 aromatic rings. The van der Waals surface area contributed by atoms with Crippen LogP contribution in [-0.4, -0.2) is 25.6 Å². The highest BCUT2D eigenvalue weighted by molar-refractivity contribution is 5.79. The summed E-state index contributed by atoms with van der Waals surface area (Å²) in [5.74, 6) is -0.318. The molecule has 4 nitrogen and oxygen atoms in total. The van der Waals surface area contributed by atoms with Crippen LogP contribution >= 0.6 is 0 Å². The second-order valence-corrected chi connectivity index (χ2v) is 8.75. The molecule has 1 saturated heterocycles. The Kier molecular flexibility index (Phi) is 8.16. The number of piperidine rings is 1. The van der Waals surface area contributed by atoms with Crippen LogP contribution in [0.25, 0.3) is 0 Å². The number of ether oxygens (including phenoxy) is 1. The summed E-state index contributed by atoms with van der Waals surface area (Å²) in [4.78, 5) is 12.3. The standard InChI is InChI=1S/C25H28F6N2O2/c1-3-32-22(34)17-9-10-23(33-14-17,19-7-5-4-6-8-19)15-35-16(2)18-11-20(24(26,27)28)13-21(12-18)25(29,30)31/h4-8,11-13,16-17,33H,3,9-10,14-15H2,1-2H3,(H,32,34)/t16-,17+,23-/m1/s1. The highest BCUT2D eigenvalue weighted by atomic mass is 19.4. The minimum absolute atomic E-state index is 0.00209. The van der Waals surface area contributed by atoms with Gasteiger partial charge in [-0.1, -0.05) is 30.3 Å². The molecule has 0 spiro atoms. The normalized spacial score (nSPS) is 22.0. The van der Waals surface area contributed by atoms with Gasteiger partial charge in [0.2, 0.25) is 5.91 Å². The van der Waals surface area contributed by atoms with Gasteiger partial charge in [0.15, 0.2) is 0 Å². The van der Waals surface area contributed by atoms with Crippen molar-refractivity contribution < 1.29 is 35.9 Å². The van der Waals surface area contributed by atoms with E-state index in [1.807, 2.05) is 37.3 Å². The van der Waals surface area contributed by atoms with Crippen LogP contribution in [0.3, 0.4) is 0 Å². The Bertz CT molecular complexity index is 967. The number of carbonyl (C=O) groups excluding carboxylic acids is 1. The zero-order chi connectivity index (χ0) is 25.9. The Morgan fingerprint density at radius 3 is 2.17 bits per heavy atom. The summed E-state index contributed by atoms with van der Waals surface area (Å²) in [5, 5.41) is 6.17. The van der Waals surface area contributed by atoms with Crippen molar-refractivity contribution in [3.8, 4) is 0 Å². The van der Waals surface area contributed by atoms with Crippen molar-refractivity contribution in [2.24, 2.45) is 5.92 Å². The fourth-order valence-electron chi connectivity index (χ4n) is 4.26. The predicted molar refractivity (Wildman–Crippen MR) is 118 cm³/mol. The number of halogens is 6. The molecule has 35 heavy (non-hydrogen) atoms. The Balaban J connectivity index is 1.84. The number of hydrogen-bond acceptors (Lipinski definition) is 3. The third-order valence-electron chi connectivity index (χ3n) is 6.31. The second-order valence-electron chi connectivity index (χ2n) is 8.75. The number of carbonyl (C=O) groups is 1. The van der Waals surface area contributed by atoms with Crippen LogP contribution in [0, 0.1) is 5.92 Å². The minimum atomic E-state index is -4.93. The number of alkyl halides is 6. The van der Waals surface area contributed by atoms with E-state index in [1.165, 1.54) is 6.92 Å². The smallest absolute Gasteiger partial charge is 0.372 e. The van der Waals surface area contributed by atoms with Crippen molar-refractivity contribution in [1.82, 2.24) is 10.6 Å². The van der Waals surface area contributed by atoms with E-state index in [1.54, 1.807) is 0 Å². The van der Waals surface area contributed by atoms with E-state index in [9.17, 15) is 31.1 Å². The Morgan fingerprint density at radius 2 is 1.69 bits per heavy atom. The van der Waals surface area contributed by atoms with Crippen LogP contribution in [-0.2, 0) is 27.4 Å². The van der Waals surface area contributed by atoms with Crippen molar-refractivity contribution in [2.45, 2.75) is 50.7 Å². The van der Waals surface area contributed by atoms with Gasteiger partial charge in [-0.15, -0.1) is 0 Å². The van der Waals surface area contributed by atoms with Gasteiger partial charge in [-0.05, 0) is 56.0 Å². The van der Waals surface area contributed by atoms with E-state index in [0.717, 1.165) is 5.56 Å².